The smallest absolute Gasteiger partial charge is 0.335 e. The molecule has 11 heteroatoms. The van der Waals surface area contributed by atoms with E-state index in [2.05, 4.69) is 16.8 Å². The number of amides is 2. The summed E-state index contributed by atoms with van der Waals surface area (Å²) in [4.78, 5) is 38.8. The molecule has 0 aromatic heterocycles. The van der Waals surface area contributed by atoms with Crippen LogP contribution in [-0.4, -0.2) is 58.6 Å². The predicted octanol–water partition coefficient (Wildman–Crippen LogP) is 8.67. The maximum Gasteiger partial charge on any atom is 0.335 e. The highest BCUT2D eigenvalue weighted by atomic mass is 35.5. The topological polar surface area (TPSA) is 110 Å². The molecule has 4 rings (SSSR count). The maximum absolute atomic E-state index is 15.7. The quantitative estimate of drug-likeness (QED) is 0.152. The molecular weight excluding hydrogens is 644 g/mol. The molecule has 1 aliphatic carbocycles. The van der Waals surface area contributed by atoms with E-state index in [1.807, 2.05) is 34.6 Å². The number of nitrogens with one attached hydrogen (secondary N) is 1. The molecule has 8 nitrogen and oxygen atoms in total. The zero-order valence-electron chi connectivity index (χ0n) is 27.7. The summed E-state index contributed by atoms with van der Waals surface area (Å²) in [6, 6.07) is 10.9. The lowest BCUT2D eigenvalue weighted by atomic mass is 9.80. The molecule has 0 radical (unpaired) electrons. The molecule has 1 unspecified atom stereocenters. The third-order valence-corrected chi connectivity index (χ3v) is 8.36. The summed E-state index contributed by atoms with van der Waals surface area (Å²) in [6.45, 7) is 14.9. The lowest BCUT2D eigenvalue weighted by molar-refractivity contribution is -0.123. The zero-order valence-corrected chi connectivity index (χ0v) is 29.2. The van der Waals surface area contributed by atoms with Crippen molar-refractivity contribution >= 4 is 52.9 Å². The van der Waals surface area contributed by atoms with Crippen LogP contribution >= 0.6 is 23.2 Å². The summed E-state index contributed by atoms with van der Waals surface area (Å²) in [5.74, 6) is -3.00. The van der Waals surface area contributed by atoms with Crippen molar-refractivity contribution in [3.8, 4) is 5.75 Å². The first-order chi connectivity index (χ1) is 22.3. The number of hydrogen-bond donors (Lipinski definition) is 3. The molecule has 256 valence electrons. The van der Waals surface area contributed by atoms with E-state index >= 15 is 4.39 Å². The normalized spacial score (nSPS) is 18.8. The van der Waals surface area contributed by atoms with Gasteiger partial charge in [-0.2, -0.15) is 0 Å². The number of allylic oxidation sites excluding steroid dienone is 4. The summed E-state index contributed by atoms with van der Waals surface area (Å²) in [6.07, 6.45) is 7.83. The molecule has 2 aromatic carbocycles. The lowest BCUT2D eigenvalue weighted by Crippen LogP contribution is -2.44. The van der Waals surface area contributed by atoms with E-state index in [9.17, 15) is 24.6 Å². The fraction of sp³-hybridized carbons (Fsp3) is 0.417. The number of phenols is 1. The Balaban J connectivity index is 0.000000540. The van der Waals surface area contributed by atoms with Crippen molar-refractivity contribution in [1.82, 2.24) is 4.90 Å². The average molecular weight is 691 g/mol. The molecule has 47 heavy (non-hydrogen) atoms. The van der Waals surface area contributed by atoms with Gasteiger partial charge in [0.05, 0.1) is 17.2 Å². The number of carboxylic acids is 1. The summed E-state index contributed by atoms with van der Waals surface area (Å²) < 4.78 is 15.7. The molecule has 1 heterocycles. The van der Waals surface area contributed by atoms with Gasteiger partial charge in [0.25, 0.3) is 0 Å². The Hall–Kier alpha value is -3.66. The van der Waals surface area contributed by atoms with Gasteiger partial charge in [-0.15, -0.1) is 0 Å². The van der Waals surface area contributed by atoms with Gasteiger partial charge in [0, 0.05) is 46.8 Å². The SMILES string of the molecule is C=C(Cl)/C=C\C=C(/F)C1[C@H](C(=O)N(CCC)c2ccc(C(=O)O)cc2O)CN(CC2CC2)C1(C)C.CC.O=CNc1cccc(Cl)c1. The number of carboxylic acid groups (broad SMARTS) is 1. The number of hydrogen-bond acceptors (Lipinski definition) is 5. The van der Waals surface area contributed by atoms with Crippen LogP contribution in [-0.2, 0) is 9.59 Å². The lowest BCUT2D eigenvalue weighted by Gasteiger charge is -2.36. The number of carbonyl (C=O) groups is 3. The predicted molar refractivity (Wildman–Crippen MR) is 189 cm³/mol. The molecule has 2 fully saturated rings. The van der Waals surface area contributed by atoms with Crippen LogP contribution < -0.4 is 10.2 Å². The average Bonchev–Trinajstić information content (AvgIpc) is 3.80. The Labute approximate surface area is 287 Å². The molecule has 0 spiro atoms. The van der Waals surface area contributed by atoms with Crippen molar-refractivity contribution in [2.75, 3.05) is 29.9 Å². The number of rotatable bonds is 12. The molecule has 1 aliphatic heterocycles. The van der Waals surface area contributed by atoms with Crippen LogP contribution in [0.5, 0.6) is 5.75 Å². The van der Waals surface area contributed by atoms with Crippen molar-refractivity contribution in [1.29, 1.82) is 0 Å². The molecule has 2 aliphatic rings. The van der Waals surface area contributed by atoms with E-state index in [0.29, 0.717) is 42.5 Å². The van der Waals surface area contributed by atoms with Crippen LogP contribution in [0.25, 0.3) is 0 Å². The van der Waals surface area contributed by atoms with Gasteiger partial charge in [-0.05, 0) is 87.6 Å². The van der Waals surface area contributed by atoms with Crippen molar-refractivity contribution in [2.24, 2.45) is 17.8 Å². The molecule has 2 amide bonds. The Bertz CT molecular complexity index is 1460. The highest BCUT2D eigenvalue weighted by molar-refractivity contribution is 6.31. The molecule has 2 aromatic rings. The fourth-order valence-corrected chi connectivity index (χ4v) is 5.85. The van der Waals surface area contributed by atoms with Crippen molar-refractivity contribution in [2.45, 2.75) is 59.4 Å². The van der Waals surface area contributed by atoms with E-state index < -0.39 is 29.2 Å². The second-order valence-electron chi connectivity index (χ2n) is 11.7. The van der Waals surface area contributed by atoms with E-state index in [-0.39, 0.29) is 27.9 Å². The Morgan fingerprint density at radius 3 is 2.40 bits per heavy atom. The number of likely N-dealkylation sites (tertiary alicyclic amines) is 1. The van der Waals surface area contributed by atoms with Crippen LogP contribution in [0.3, 0.4) is 0 Å². The van der Waals surface area contributed by atoms with Crippen LogP contribution in [0.1, 0.15) is 64.2 Å². The van der Waals surface area contributed by atoms with Crippen molar-refractivity contribution < 1.29 is 29.0 Å². The molecule has 2 atom stereocenters. The molecule has 1 saturated carbocycles. The highest BCUT2D eigenvalue weighted by Crippen LogP contribution is 2.47. The van der Waals surface area contributed by atoms with Gasteiger partial charge in [-0.3, -0.25) is 14.5 Å². The first kappa shape index (κ1) is 39.5. The minimum Gasteiger partial charge on any atom is -0.506 e. The second kappa shape index (κ2) is 18.6. The number of halogens is 3. The third kappa shape index (κ3) is 11.2. The maximum atomic E-state index is 15.7. The minimum absolute atomic E-state index is 0.0766. The van der Waals surface area contributed by atoms with Gasteiger partial charge in [0.2, 0.25) is 12.3 Å². The van der Waals surface area contributed by atoms with Crippen molar-refractivity contribution in [3.05, 3.63) is 88.7 Å². The van der Waals surface area contributed by atoms with Crippen LogP contribution in [0, 0.1) is 17.8 Å². The number of aromatic carboxylic acids is 1. The largest absolute Gasteiger partial charge is 0.506 e. The number of phenolic OH excluding ortho intramolecular Hbond substituents is 1. The summed E-state index contributed by atoms with van der Waals surface area (Å²) >= 11 is 11.4. The number of benzene rings is 2. The highest BCUT2D eigenvalue weighted by Gasteiger charge is 2.54. The Morgan fingerprint density at radius 2 is 1.87 bits per heavy atom. The molecule has 1 saturated heterocycles. The Morgan fingerprint density at radius 1 is 1.19 bits per heavy atom. The van der Waals surface area contributed by atoms with Crippen LogP contribution in [0.15, 0.2) is 78.1 Å². The van der Waals surface area contributed by atoms with E-state index in [4.69, 9.17) is 23.2 Å². The van der Waals surface area contributed by atoms with E-state index in [1.54, 1.807) is 24.3 Å². The first-order valence-electron chi connectivity index (χ1n) is 15.8. The second-order valence-corrected chi connectivity index (χ2v) is 12.6. The summed E-state index contributed by atoms with van der Waals surface area (Å²) in [7, 11) is 0. The fourth-order valence-electron chi connectivity index (χ4n) is 5.59. The van der Waals surface area contributed by atoms with Gasteiger partial charge in [-0.25, -0.2) is 9.18 Å². The van der Waals surface area contributed by atoms with E-state index in [1.165, 1.54) is 35.3 Å². The van der Waals surface area contributed by atoms with E-state index in [0.717, 1.165) is 25.5 Å². The van der Waals surface area contributed by atoms with Crippen molar-refractivity contribution in [3.63, 3.8) is 0 Å². The Kier molecular flexibility index (Phi) is 15.7. The van der Waals surface area contributed by atoms with Crippen LogP contribution in [0.4, 0.5) is 15.8 Å². The molecular formula is C36H46Cl2FN3O5. The third-order valence-electron chi connectivity index (χ3n) is 7.99. The number of carbonyl (C=O) groups excluding carboxylic acids is 2. The molecule has 0 bridgehead atoms. The van der Waals surface area contributed by atoms with Gasteiger partial charge >= 0.3 is 5.97 Å². The van der Waals surface area contributed by atoms with Gasteiger partial charge in [0.15, 0.2) is 0 Å². The number of anilines is 2. The van der Waals surface area contributed by atoms with Gasteiger partial charge in [-0.1, -0.05) is 62.7 Å². The van der Waals surface area contributed by atoms with Gasteiger partial charge in [0.1, 0.15) is 11.6 Å². The molecule has 3 N–H and O–H groups in total. The monoisotopic (exact) mass is 689 g/mol. The van der Waals surface area contributed by atoms with Crippen LogP contribution in [0.2, 0.25) is 5.02 Å². The first-order valence-corrected chi connectivity index (χ1v) is 16.5. The van der Waals surface area contributed by atoms with Gasteiger partial charge < -0.3 is 20.4 Å². The standard InChI is InChI=1S/C27H34ClFN2O4.C7H6ClNO.C2H6/c1-5-13-31(22-12-11-19(26(34)35)14-23(22)32)25(33)20-16-30(15-18-9-10-18)27(3,4)24(20)21(29)8-6-7-17(2)28;8-6-2-1-3-7(4-6)9-5-10;1-2/h6-8,11-12,14,18,20,24,32H,2,5,9-10,13,15-16H2,1,3-4H3,(H,34,35);1-5H,(H,9,10);1-2H3/b7-6-,21-8-;;/t20-,24?;;/m1../s1. The summed E-state index contributed by atoms with van der Waals surface area (Å²) in [5, 5.41) is 23.2. The number of nitrogens with zero attached hydrogens (tertiary/aromatic N) is 2. The minimum atomic E-state index is -1.17. The number of aromatic hydroxyl groups is 1. The zero-order chi connectivity index (χ0) is 35.3. The summed E-state index contributed by atoms with van der Waals surface area (Å²) in [5.41, 5.74) is 0.249.